The summed E-state index contributed by atoms with van der Waals surface area (Å²) in [4.78, 5) is 11.3. The predicted octanol–water partition coefficient (Wildman–Crippen LogP) is 4.75. The molecule has 0 aromatic heterocycles. The van der Waals surface area contributed by atoms with Gasteiger partial charge in [-0.15, -0.1) is 0 Å². The van der Waals surface area contributed by atoms with Gasteiger partial charge < -0.3 is 0 Å². The second-order valence-electron chi connectivity index (χ2n) is 5.52. The molecule has 0 bridgehead atoms. The molecule has 0 N–H and O–H groups in total. The Morgan fingerprint density at radius 3 is 2.44 bits per heavy atom. The number of benzene rings is 1. The van der Waals surface area contributed by atoms with E-state index in [-0.39, 0.29) is 0 Å². The average molecular weight is 244 g/mol. The van der Waals surface area contributed by atoms with Crippen molar-refractivity contribution in [1.29, 1.82) is 0 Å². The van der Waals surface area contributed by atoms with E-state index in [1.165, 1.54) is 43.2 Å². The van der Waals surface area contributed by atoms with E-state index >= 15 is 0 Å². The third-order valence-electron chi connectivity index (χ3n) is 4.57. The molecule has 1 aliphatic rings. The molecule has 1 heteroatoms. The highest BCUT2D eigenvalue weighted by Gasteiger charge is 2.24. The Hall–Kier alpha value is -1.11. The molecule has 0 spiro atoms. The van der Waals surface area contributed by atoms with Gasteiger partial charge in [-0.25, -0.2) is 0 Å². The quantitative estimate of drug-likeness (QED) is 0.699. The second-order valence-corrected chi connectivity index (χ2v) is 5.52. The summed E-state index contributed by atoms with van der Waals surface area (Å²) in [6.45, 7) is 4.48. The molecule has 0 radical (unpaired) electrons. The third kappa shape index (κ3) is 2.66. The molecule has 2 rings (SSSR count). The molecule has 0 heterocycles. The first-order valence-corrected chi connectivity index (χ1v) is 7.37. The summed E-state index contributed by atoms with van der Waals surface area (Å²) in [6, 6.07) is 6.19. The van der Waals surface area contributed by atoms with E-state index in [0.29, 0.717) is 5.92 Å². The third-order valence-corrected chi connectivity index (χ3v) is 4.57. The van der Waals surface area contributed by atoms with Crippen LogP contribution in [0.5, 0.6) is 0 Å². The first kappa shape index (κ1) is 13.3. The van der Waals surface area contributed by atoms with Crippen molar-refractivity contribution in [3.8, 4) is 0 Å². The molecule has 1 aromatic carbocycles. The zero-order chi connectivity index (χ0) is 13.0. The van der Waals surface area contributed by atoms with Gasteiger partial charge in [0.05, 0.1) is 0 Å². The topological polar surface area (TPSA) is 17.1 Å². The highest BCUT2D eigenvalue weighted by Crippen LogP contribution is 2.39. The summed E-state index contributed by atoms with van der Waals surface area (Å²) in [7, 11) is 0. The molecular formula is C17H24O. The SMILES string of the molecule is CCc1cccc(C=O)c1C1CCC(CC)CC1. The van der Waals surface area contributed by atoms with Crippen LogP contribution in [-0.2, 0) is 6.42 Å². The Bertz CT molecular complexity index is 400. The normalized spacial score (nSPS) is 23.9. The molecule has 98 valence electrons. The van der Waals surface area contributed by atoms with Crippen LogP contribution in [0.15, 0.2) is 18.2 Å². The van der Waals surface area contributed by atoms with Gasteiger partial charge in [0.1, 0.15) is 6.29 Å². The van der Waals surface area contributed by atoms with Crippen LogP contribution in [0.3, 0.4) is 0 Å². The van der Waals surface area contributed by atoms with Crippen molar-refractivity contribution in [2.24, 2.45) is 5.92 Å². The standard InChI is InChI=1S/C17H24O/c1-3-13-8-10-15(11-9-13)17-14(4-2)6-5-7-16(17)12-18/h5-7,12-13,15H,3-4,8-11H2,1-2H3. The Morgan fingerprint density at radius 2 is 1.89 bits per heavy atom. The maximum Gasteiger partial charge on any atom is 0.150 e. The first-order valence-electron chi connectivity index (χ1n) is 7.37. The molecule has 0 aliphatic heterocycles. The van der Waals surface area contributed by atoms with Gasteiger partial charge >= 0.3 is 0 Å². The molecule has 0 unspecified atom stereocenters. The van der Waals surface area contributed by atoms with E-state index in [2.05, 4.69) is 19.9 Å². The van der Waals surface area contributed by atoms with Crippen molar-refractivity contribution in [1.82, 2.24) is 0 Å². The van der Waals surface area contributed by atoms with Gasteiger partial charge in [-0.1, -0.05) is 38.5 Å². The largest absolute Gasteiger partial charge is 0.298 e. The fourth-order valence-corrected chi connectivity index (χ4v) is 3.40. The molecule has 0 saturated heterocycles. The van der Waals surface area contributed by atoms with Crippen molar-refractivity contribution in [3.63, 3.8) is 0 Å². The van der Waals surface area contributed by atoms with Gasteiger partial charge in [0, 0.05) is 5.56 Å². The minimum absolute atomic E-state index is 0.615. The van der Waals surface area contributed by atoms with E-state index in [9.17, 15) is 4.79 Å². The van der Waals surface area contributed by atoms with Gasteiger partial charge in [-0.3, -0.25) is 4.79 Å². The Kier molecular flexibility index (Phi) is 4.57. The molecule has 18 heavy (non-hydrogen) atoms. The number of hydrogen-bond donors (Lipinski definition) is 0. The van der Waals surface area contributed by atoms with Crippen LogP contribution in [0.25, 0.3) is 0 Å². The van der Waals surface area contributed by atoms with Crippen molar-refractivity contribution in [2.75, 3.05) is 0 Å². The van der Waals surface area contributed by atoms with Crippen LogP contribution >= 0.6 is 0 Å². The minimum atomic E-state index is 0.615. The summed E-state index contributed by atoms with van der Waals surface area (Å²) >= 11 is 0. The van der Waals surface area contributed by atoms with Gasteiger partial charge in [0.25, 0.3) is 0 Å². The van der Waals surface area contributed by atoms with Gasteiger partial charge in [-0.05, 0) is 55.1 Å². The summed E-state index contributed by atoms with van der Waals surface area (Å²) in [5.74, 6) is 1.53. The number of hydrogen-bond acceptors (Lipinski definition) is 1. The van der Waals surface area contributed by atoms with Crippen LogP contribution in [0, 0.1) is 5.92 Å². The zero-order valence-electron chi connectivity index (χ0n) is 11.6. The number of carbonyl (C=O) groups excluding carboxylic acids is 1. The zero-order valence-corrected chi connectivity index (χ0v) is 11.6. The molecular weight excluding hydrogens is 220 g/mol. The highest BCUT2D eigenvalue weighted by atomic mass is 16.1. The highest BCUT2D eigenvalue weighted by molar-refractivity contribution is 5.78. The average Bonchev–Trinajstić information content (AvgIpc) is 2.46. The van der Waals surface area contributed by atoms with E-state index < -0.39 is 0 Å². The summed E-state index contributed by atoms with van der Waals surface area (Å²) < 4.78 is 0. The van der Waals surface area contributed by atoms with Crippen molar-refractivity contribution in [3.05, 3.63) is 34.9 Å². The Balaban J connectivity index is 2.24. The molecule has 1 fully saturated rings. The number of rotatable bonds is 4. The molecule has 1 aromatic rings. The van der Waals surface area contributed by atoms with Gasteiger partial charge in [0.2, 0.25) is 0 Å². The maximum absolute atomic E-state index is 11.3. The van der Waals surface area contributed by atoms with Crippen LogP contribution in [0.1, 0.15) is 73.4 Å². The van der Waals surface area contributed by atoms with E-state index in [0.717, 1.165) is 24.2 Å². The van der Waals surface area contributed by atoms with Gasteiger partial charge in [0.15, 0.2) is 0 Å². The Labute approximate surface area is 111 Å². The van der Waals surface area contributed by atoms with Crippen LogP contribution < -0.4 is 0 Å². The van der Waals surface area contributed by atoms with Crippen LogP contribution in [-0.4, -0.2) is 6.29 Å². The van der Waals surface area contributed by atoms with Crippen molar-refractivity contribution >= 4 is 6.29 Å². The molecule has 0 atom stereocenters. The molecule has 0 amide bonds. The van der Waals surface area contributed by atoms with Crippen LogP contribution in [0.4, 0.5) is 0 Å². The van der Waals surface area contributed by atoms with E-state index in [4.69, 9.17) is 0 Å². The fourth-order valence-electron chi connectivity index (χ4n) is 3.40. The van der Waals surface area contributed by atoms with E-state index in [1.54, 1.807) is 0 Å². The summed E-state index contributed by atoms with van der Waals surface area (Å²) in [5, 5.41) is 0. The lowest BCUT2D eigenvalue weighted by molar-refractivity contribution is 0.112. The fraction of sp³-hybridized carbons (Fsp3) is 0.588. The lowest BCUT2D eigenvalue weighted by atomic mass is 9.75. The maximum atomic E-state index is 11.3. The number of aldehydes is 1. The smallest absolute Gasteiger partial charge is 0.150 e. The minimum Gasteiger partial charge on any atom is -0.298 e. The molecule has 1 saturated carbocycles. The van der Waals surface area contributed by atoms with Crippen molar-refractivity contribution in [2.45, 2.75) is 58.3 Å². The van der Waals surface area contributed by atoms with E-state index in [1.807, 2.05) is 12.1 Å². The molecule has 1 nitrogen and oxygen atoms in total. The van der Waals surface area contributed by atoms with Gasteiger partial charge in [-0.2, -0.15) is 0 Å². The molecule has 1 aliphatic carbocycles. The van der Waals surface area contributed by atoms with Crippen LogP contribution in [0.2, 0.25) is 0 Å². The predicted molar refractivity (Wildman–Crippen MR) is 76.2 cm³/mol. The second kappa shape index (κ2) is 6.17. The lowest BCUT2D eigenvalue weighted by Gasteiger charge is -2.30. The number of aryl methyl sites for hydroxylation is 1. The summed E-state index contributed by atoms with van der Waals surface area (Å²) in [6.07, 6.45) is 8.57. The monoisotopic (exact) mass is 244 g/mol. The number of carbonyl (C=O) groups is 1. The van der Waals surface area contributed by atoms with Crippen molar-refractivity contribution < 1.29 is 4.79 Å². The Morgan fingerprint density at radius 1 is 1.17 bits per heavy atom. The summed E-state index contributed by atoms with van der Waals surface area (Å²) in [5.41, 5.74) is 3.65. The lowest BCUT2D eigenvalue weighted by Crippen LogP contribution is -2.15. The first-order chi connectivity index (χ1) is 8.80.